The first kappa shape index (κ1) is 14.1. The van der Waals surface area contributed by atoms with Crippen LogP contribution in [-0.2, 0) is 6.54 Å². The van der Waals surface area contributed by atoms with Gasteiger partial charge in [0.2, 0.25) is 0 Å². The van der Waals surface area contributed by atoms with Gasteiger partial charge in [-0.3, -0.25) is 4.79 Å². The highest BCUT2D eigenvalue weighted by Gasteiger charge is 2.13. The smallest absolute Gasteiger partial charge is 0.259 e. The number of rotatable bonds is 5. The van der Waals surface area contributed by atoms with Gasteiger partial charge in [-0.05, 0) is 30.7 Å². The van der Waals surface area contributed by atoms with Gasteiger partial charge in [0, 0.05) is 12.2 Å². The van der Waals surface area contributed by atoms with Gasteiger partial charge in [-0.15, -0.1) is 0 Å². The van der Waals surface area contributed by atoms with Crippen molar-refractivity contribution in [2.45, 2.75) is 13.5 Å². The average molecular weight is 270 g/mol. The highest BCUT2D eigenvalue weighted by atomic mass is 16.5. The zero-order chi connectivity index (χ0) is 14.4. The highest BCUT2D eigenvalue weighted by molar-refractivity contribution is 6.06. The van der Waals surface area contributed by atoms with Crippen LogP contribution in [-0.4, -0.2) is 12.5 Å². The maximum atomic E-state index is 12.3. The summed E-state index contributed by atoms with van der Waals surface area (Å²) in [6.45, 7) is 2.78. The molecule has 0 aliphatic carbocycles. The van der Waals surface area contributed by atoms with Gasteiger partial charge in [-0.2, -0.15) is 0 Å². The van der Waals surface area contributed by atoms with E-state index in [1.807, 2.05) is 43.3 Å². The average Bonchev–Trinajstić information content (AvgIpc) is 2.48. The lowest BCUT2D eigenvalue weighted by Gasteiger charge is -2.12. The summed E-state index contributed by atoms with van der Waals surface area (Å²) in [5.41, 5.74) is 7.81. The van der Waals surface area contributed by atoms with Gasteiger partial charge >= 0.3 is 0 Å². The van der Waals surface area contributed by atoms with E-state index in [9.17, 15) is 4.79 Å². The summed E-state index contributed by atoms with van der Waals surface area (Å²) in [6, 6.07) is 14.7. The predicted molar refractivity (Wildman–Crippen MR) is 79.9 cm³/mol. The normalized spacial score (nSPS) is 10.1. The molecule has 0 aliphatic heterocycles. The fourth-order valence-corrected chi connectivity index (χ4v) is 1.95. The second-order valence-corrected chi connectivity index (χ2v) is 4.24. The molecule has 0 aromatic heterocycles. The number of ether oxygens (including phenoxy) is 1. The van der Waals surface area contributed by atoms with Gasteiger partial charge < -0.3 is 15.8 Å². The van der Waals surface area contributed by atoms with Gasteiger partial charge in [0.05, 0.1) is 12.2 Å². The van der Waals surface area contributed by atoms with Crippen LogP contribution in [0.2, 0.25) is 0 Å². The van der Waals surface area contributed by atoms with E-state index in [0.717, 1.165) is 11.3 Å². The highest BCUT2D eigenvalue weighted by Crippen LogP contribution is 2.21. The molecule has 104 valence electrons. The zero-order valence-electron chi connectivity index (χ0n) is 11.4. The molecule has 3 N–H and O–H groups in total. The lowest BCUT2D eigenvalue weighted by atomic mass is 10.1. The summed E-state index contributed by atoms with van der Waals surface area (Å²) in [7, 11) is 0. The summed E-state index contributed by atoms with van der Waals surface area (Å²) in [5.74, 6) is 0.382. The first-order valence-electron chi connectivity index (χ1n) is 6.57. The predicted octanol–water partition coefficient (Wildman–Crippen LogP) is 2.80. The zero-order valence-corrected chi connectivity index (χ0v) is 11.4. The second kappa shape index (κ2) is 6.73. The van der Waals surface area contributed by atoms with Crippen molar-refractivity contribution in [2.75, 3.05) is 11.9 Å². The largest absolute Gasteiger partial charge is 0.493 e. The Balaban J connectivity index is 2.24. The molecule has 0 spiro atoms. The van der Waals surface area contributed by atoms with E-state index in [0.29, 0.717) is 24.5 Å². The van der Waals surface area contributed by atoms with Crippen LogP contribution in [0.25, 0.3) is 0 Å². The van der Waals surface area contributed by atoms with Crippen molar-refractivity contribution in [1.82, 2.24) is 0 Å². The molecule has 2 aromatic carbocycles. The molecule has 0 atom stereocenters. The molecule has 0 saturated heterocycles. The molecule has 4 heteroatoms. The Morgan fingerprint density at radius 3 is 2.60 bits per heavy atom. The van der Waals surface area contributed by atoms with Gasteiger partial charge in [0.25, 0.3) is 5.91 Å². The lowest BCUT2D eigenvalue weighted by molar-refractivity contribution is 0.102. The third-order valence-corrected chi connectivity index (χ3v) is 2.92. The molecule has 0 heterocycles. The number of hydrogen-bond acceptors (Lipinski definition) is 3. The first-order valence-corrected chi connectivity index (χ1v) is 6.57. The van der Waals surface area contributed by atoms with E-state index in [1.165, 1.54) is 0 Å². The molecule has 4 nitrogen and oxygen atoms in total. The number of para-hydroxylation sites is 2. The number of hydrogen-bond donors (Lipinski definition) is 2. The Kier molecular flexibility index (Phi) is 4.74. The lowest BCUT2D eigenvalue weighted by Crippen LogP contribution is -2.15. The van der Waals surface area contributed by atoms with Crippen molar-refractivity contribution in [3.8, 4) is 5.75 Å². The summed E-state index contributed by atoms with van der Waals surface area (Å²) in [4.78, 5) is 12.3. The van der Waals surface area contributed by atoms with Crippen LogP contribution in [0.15, 0.2) is 48.5 Å². The molecule has 0 unspecified atom stereocenters. The third-order valence-electron chi connectivity index (χ3n) is 2.92. The fourth-order valence-electron chi connectivity index (χ4n) is 1.95. The molecule has 0 radical (unpaired) electrons. The number of nitrogens with one attached hydrogen (secondary N) is 1. The van der Waals surface area contributed by atoms with Crippen LogP contribution in [0.4, 0.5) is 5.69 Å². The minimum atomic E-state index is -0.199. The Labute approximate surface area is 118 Å². The van der Waals surface area contributed by atoms with E-state index >= 15 is 0 Å². The monoisotopic (exact) mass is 270 g/mol. The van der Waals surface area contributed by atoms with Crippen LogP contribution in [0.3, 0.4) is 0 Å². The molecule has 0 saturated carbocycles. The van der Waals surface area contributed by atoms with E-state index in [1.54, 1.807) is 12.1 Å². The Morgan fingerprint density at radius 1 is 1.15 bits per heavy atom. The standard InChI is InChI=1S/C16H18N2O2/c1-2-20-15-10-6-4-8-13(15)16(19)18-14-9-5-3-7-12(14)11-17/h3-10H,2,11,17H2,1H3,(H,18,19). The van der Waals surface area contributed by atoms with Crippen molar-refractivity contribution in [3.05, 3.63) is 59.7 Å². The van der Waals surface area contributed by atoms with Crippen LogP contribution >= 0.6 is 0 Å². The summed E-state index contributed by atoms with van der Waals surface area (Å²) in [6.07, 6.45) is 0. The van der Waals surface area contributed by atoms with Crippen molar-refractivity contribution in [2.24, 2.45) is 5.73 Å². The summed E-state index contributed by atoms with van der Waals surface area (Å²) >= 11 is 0. The van der Waals surface area contributed by atoms with Gasteiger partial charge in [-0.25, -0.2) is 0 Å². The molecule has 0 fully saturated rings. The van der Waals surface area contributed by atoms with Crippen LogP contribution in [0.5, 0.6) is 5.75 Å². The van der Waals surface area contributed by atoms with Crippen LogP contribution in [0, 0.1) is 0 Å². The minimum absolute atomic E-state index is 0.199. The third kappa shape index (κ3) is 3.16. The van der Waals surface area contributed by atoms with Crippen LogP contribution < -0.4 is 15.8 Å². The quantitative estimate of drug-likeness (QED) is 0.878. The van der Waals surface area contributed by atoms with Crippen molar-refractivity contribution >= 4 is 11.6 Å². The molecule has 0 aliphatic rings. The molecule has 2 rings (SSSR count). The fraction of sp³-hybridized carbons (Fsp3) is 0.188. The molecular formula is C16H18N2O2. The molecule has 1 amide bonds. The van der Waals surface area contributed by atoms with Crippen LogP contribution in [0.1, 0.15) is 22.8 Å². The summed E-state index contributed by atoms with van der Waals surface area (Å²) in [5, 5.41) is 2.88. The number of amides is 1. The van der Waals surface area contributed by atoms with E-state index in [2.05, 4.69) is 5.32 Å². The van der Waals surface area contributed by atoms with E-state index in [-0.39, 0.29) is 5.91 Å². The summed E-state index contributed by atoms with van der Waals surface area (Å²) < 4.78 is 5.47. The van der Waals surface area contributed by atoms with Gasteiger partial charge in [0.15, 0.2) is 0 Å². The van der Waals surface area contributed by atoms with Gasteiger partial charge in [-0.1, -0.05) is 30.3 Å². The maximum absolute atomic E-state index is 12.3. The molecule has 20 heavy (non-hydrogen) atoms. The Morgan fingerprint density at radius 2 is 1.85 bits per heavy atom. The Hall–Kier alpha value is -2.33. The first-order chi connectivity index (χ1) is 9.76. The maximum Gasteiger partial charge on any atom is 0.259 e. The number of anilines is 1. The van der Waals surface area contributed by atoms with Crippen molar-refractivity contribution in [1.29, 1.82) is 0 Å². The number of carbonyl (C=O) groups excluding carboxylic acids is 1. The number of benzene rings is 2. The van der Waals surface area contributed by atoms with Gasteiger partial charge in [0.1, 0.15) is 5.75 Å². The van der Waals surface area contributed by atoms with E-state index < -0.39 is 0 Å². The van der Waals surface area contributed by atoms with Crippen molar-refractivity contribution in [3.63, 3.8) is 0 Å². The number of carbonyl (C=O) groups is 1. The van der Waals surface area contributed by atoms with Crippen molar-refractivity contribution < 1.29 is 9.53 Å². The molecule has 2 aromatic rings. The second-order valence-electron chi connectivity index (χ2n) is 4.24. The topological polar surface area (TPSA) is 64.3 Å². The molecular weight excluding hydrogens is 252 g/mol. The molecule has 0 bridgehead atoms. The minimum Gasteiger partial charge on any atom is -0.493 e. The Bertz CT molecular complexity index is 597. The SMILES string of the molecule is CCOc1ccccc1C(=O)Nc1ccccc1CN. The van der Waals surface area contributed by atoms with E-state index in [4.69, 9.17) is 10.5 Å². The number of nitrogens with two attached hydrogens (primary N) is 1.